The Bertz CT molecular complexity index is 139. The number of hydrogen-bond donors (Lipinski definition) is 0. The number of hydrogen-bond acceptors (Lipinski definition) is 2. The molecule has 1 heterocycles. The molecule has 0 aromatic carbocycles. The summed E-state index contributed by atoms with van der Waals surface area (Å²) >= 11 is 0. The first-order valence-electron chi connectivity index (χ1n) is 2.95. The highest BCUT2D eigenvalue weighted by Gasteiger charge is 2.47. The fourth-order valence-electron chi connectivity index (χ4n) is 1.36. The molecule has 2 heteroatoms. The average Bonchev–Trinajstić information content (AvgIpc) is 2.40. The zero-order chi connectivity index (χ0) is 5.56. The Labute approximate surface area is 48.1 Å². The van der Waals surface area contributed by atoms with Crippen molar-refractivity contribution >= 4 is 0 Å². The summed E-state index contributed by atoms with van der Waals surface area (Å²) in [7, 11) is 0. The maximum absolute atomic E-state index is 8.40. The van der Waals surface area contributed by atoms with Crippen LogP contribution in [0, 0.1) is 17.2 Å². The van der Waals surface area contributed by atoms with Crippen molar-refractivity contribution in [1.82, 2.24) is 0 Å². The Kier molecular flexibility index (Phi) is 0.671. The summed E-state index contributed by atoms with van der Waals surface area (Å²) in [5.41, 5.74) is 0. The van der Waals surface area contributed by atoms with E-state index in [9.17, 15) is 0 Å². The fraction of sp³-hybridized carbons (Fsp3) is 0.833. The lowest BCUT2D eigenvalue weighted by atomic mass is 10.1. The molecule has 0 aromatic rings. The maximum atomic E-state index is 8.40. The van der Waals surface area contributed by atoms with Gasteiger partial charge in [-0.2, -0.15) is 5.26 Å². The van der Waals surface area contributed by atoms with Crippen LogP contribution in [0.4, 0.5) is 0 Å². The van der Waals surface area contributed by atoms with E-state index in [1.54, 1.807) is 0 Å². The van der Waals surface area contributed by atoms with Gasteiger partial charge in [-0.05, 0) is 12.8 Å². The van der Waals surface area contributed by atoms with Gasteiger partial charge >= 0.3 is 0 Å². The molecule has 0 spiro atoms. The Morgan fingerprint density at radius 1 is 1.38 bits per heavy atom. The molecule has 8 heavy (non-hydrogen) atoms. The Morgan fingerprint density at radius 2 is 2.00 bits per heavy atom. The van der Waals surface area contributed by atoms with Gasteiger partial charge in [-0.25, -0.2) is 0 Å². The molecular weight excluding hydrogens is 102 g/mol. The van der Waals surface area contributed by atoms with E-state index in [4.69, 9.17) is 10.00 Å². The van der Waals surface area contributed by atoms with E-state index in [-0.39, 0.29) is 0 Å². The summed E-state index contributed by atoms with van der Waals surface area (Å²) in [6.45, 7) is 0. The van der Waals surface area contributed by atoms with Crippen LogP contribution in [0.5, 0.6) is 0 Å². The molecule has 42 valence electrons. The molecule has 1 aliphatic carbocycles. The van der Waals surface area contributed by atoms with Gasteiger partial charge in [0.2, 0.25) is 0 Å². The molecule has 0 radical (unpaired) electrons. The molecular formula is C6H7NO. The van der Waals surface area contributed by atoms with Crippen LogP contribution in [-0.4, -0.2) is 12.2 Å². The van der Waals surface area contributed by atoms with Crippen LogP contribution >= 0.6 is 0 Å². The SMILES string of the molecule is N#CC1C[C@@H]2O[C@@H]2C1. The third-order valence-electron chi connectivity index (χ3n) is 1.90. The number of nitriles is 1. The predicted octanol–water partition coefficient (Wildman–Crippen LogP) is 0.687. The molecule has 0 aromatic heterocycles. The molecule has 1 saturated heterocycles. The van der Waals surface area contributed by atoms with Crippen molar-refractivity contribution in [1.29, 1.82) is 5.26 Å². The molecule has 2 aliphatic rings. The Hall–Kier alpha value is -0.550. The highest BCUT2D eigenvalue weighted by atomic mass is 16.6. The highest BCUT2D eigenvalue weighted by molar-refractivity contribution is 5.02. The minimum atomic E-state index is 0.304. The van der Waals surface area contributed by atoms with Gasteiger partial charge in [-0.15, -0.1) is 0 Å². The quantitative estimate of drug-likeness (QED) is 0.429. The number of fused-ring (bicyclic) bond motifs is 1. The Morgan fingerprint density at radius 3 is 2.38 bits per heavy atom. The number of rotatable bonds is 0. The van der Waals surface area contributed by atoms with Gasteiger partial charge < -0.3 is 4.74 Å². The van der Waals surface area contributed by atoms with Crippen LogP contribution in [0.25, 0.3) is 0 Å². The van der Waals surface area contributed by atoms with E-state index < -0.39 is 0 Å². The van der Waals surface area contributed by atoms with Crippen LogP contribution < -0.4 is 0 Å². The monoisotopic (exact) mass is 109 g/mol. The molecule has 3 atom stereocenters. The molecule has 1 unspecified atom stereocenters. The van der Waals surface area contributed by atoms with Gasteiger partial charge in [0, 0.05) is 0 Å². The van der Waals surface area contributed by atoms with E-state index in [0.29, 0.717) is 18.1 Å². The predicted molar refractivity (Wildman–Crippen MR) is 27.0 cm³/mol. The minimum absolute atomic E-state index is 0.304. The highest BCUT2D eigenvalue weighted by Crippen LogP contribution is 2.41. The second kappa shape index (κ2) is 1.24. The molecule has 1 aliphatic heterocycles. The van der Waals surface area contributed by atoms with E-state index in [0.717, 1.165) is 12.8 Å². The van der Waals surface area contributed by atoms with Crippen molar-refractivity contribution in [2.75, 3.05) is 0 Å². The van der Waals surface area contributed by atoms with Crippen LogP contribution in [-0.2, 0) is 4.74 Å². The van der Waals surface area contributed by atoms with Gasteiger partial charge in [0.1, 0.15) is 0 Å². The summed E-state index contributed by atoms with van der Waals surface area (Å²) in [5.74, 6) is 0.304. The molecule has 0 bridgehead atoms. The average molecular weight is 109 g/mol. The van der Waals surface area contributed by atoms with Crippen molar-refractivity contribution in [3.8, 4) is 6.07 Å². The molecule has 0 amide bonds. The van der Waals surface area contributed by atoms with Crippen LogP contribution in [0.3, 0.4) is 0 Å². The van der Waals surface area contributed by atoms with Crippen LogP contribution in [0.2, 0.25) is 0 Å². The summed E-state index contributed by atoms with van der Waals surface area (Å²) < 4.78 is 5.13. The minimum Gasteiger partial charge on any atom is -0.369 e. The second-order valence-corrected chi connectivity index (χ2v) is 2.51. The zero-order valence-corrected chi connectivity index (χ0v) is 4.50. The van der Waals surface area contributed by atoms with E-state index in [1.807, 2.05) is 0 Å². The molecule has 0 N–H and O–H groups in total. The molecule has 2 fully saturated rings. The lowest BCUT2D eigenvalue weighted by Gasteiger charge is -1.95. The van der Waals surface area contributed by atoms with Crippen molar-refractivity contribution in [3.05, 3.63) is 0 Å². The van der Waals surface area contributed by atoms with Crippen LogP contribution in [0.1, 0.15) is 12.8 Å². The first-order chi connectivity index (χ1) is 3.90. The van der Waals surface area contributed by atoms with Gasteiger partial charge in [-0.1, -0.05) is 0 Å². The molecule has 2 nitrogen and oxygen atoms in total. The van der Waals surface area contributed by atoms with E-state index in [2.05, 4.69) is 6.07 Å². The lowest BCUT2D eigenvalue weighted by Crippen LogP contribution is -1.93. The summed E-state index contributed by atoms with van der Waals surface area (Å²) in [5, 5.41) is 8.40. The third kappa shape index (κ3) is 0.452. The van der Waals surface area contributed by atoms with Crippen molar-refractivity contribution in [2.24, 2.45) is 5.92 Å². The van der Waals surface area contributed by atoms with Crippen molar-refractivity contribution < 1.29 is 4.74 Å². The number of nitrogens with zero attached hydrogens (tertiary/aromatic N) is 1. The van der Waals surface area contributed by atoms with Gasteiger partial charge in [0.15, 0.2) is 0 Å². The van der Waals surface area contributed by atoms with Gasteiger partial charge in [-0.3, -0.25) is 0 Å². The normalized spacial score (nSPS) is 50.1. The zero-order valence-electron chi connectivity index (χ0n) is 4.50. The maximum Gasteiger partial charge on any atom is 0.0854 e. The molecule has 1 saturated carbocycles. The third-order valence-corrected chi connectivity index (χ3v) is 1.90. The first kappa shape index (κ1) is 4.34. The van der Waals surface area contributed by atoms with Gasteiger partial charge in [0.05, 0.1) is 24.2 Å². The Balaban J connectivity index is 2.01. The molecule has 2 rings (SSSR count). The first-order valence-corrected chi connectivity index (χ1v) is 2.95. The van der Waals surface area contributed by atoms with Crippen molar-refractivity contribution in [2.45, 2.75) is 25.0 Å². The smallest absolute Gasteiger partial charge is 0.0854 e. The fourth-order valence-corrected chi connectivity index (χ4v) is 1.36. The lowest BCUT2D eigenvalue weighted by molar-refractivity contribution is 0.298. The van der Waals surface area contributed by atoms with Crippen molar-refractivity contribution in [3.63, 3.8) is 0 Å². The van der Waals surface area contributed by atoms with Gasteiger partial charge in [0.25, 0.3) is 0 Å². The number of epoxide rings is 1. The van der Waals surface area contributed by atoms with E-state index in [1.165, 1.54) is 0 Å². The summed E-state index contributed by atoms with van der Waals surface area (Å²) in [6.07, 6.45) is 2.92. The topological polar surface area (TPSA) is 36.3 Å². The largest absolute Gasteiger partial charge is 0.369 e. The summed E-state index contributed by atoms with van der Waals surface area (Å²) in [4.78, 5) is 0. The van der Waals surface area contributed by atoms with E-state index >= 15 is 0 Å². The summed E-state index contributed by atoms with van der Waals surface area (Å²) in [6, 6.07) is 2.24. The second-order valence-electron chi connectivity index (χ2n) is 2.51. The number of ether oxygens (including phenoxy) is 1. The standard InChI is InChI=1S/C6H7NO/c7-3-4-1-5-6(2-4)8-5/h4-6H,1-2H2/t4?,5-,6+. The van der Waals surface area contributed by atoms with Crippen LogP contribution in [0.15, 0.2) is 0 Å².